The molecular formula is C16H16ClNO2. The first-order valence-electron chi connectivity index (χ1n) is 6.45. The van der Waals surface area contributed by atoms with Crippen molar-refractivity contribution in [3.8, 4) is 5.75 Å². The molecule has 0 bridgehead atoms. The largest absolute Gasteiger partial charge is 0.480 e. The highest BCUT2D eigenvalue weighted by Gasteiger charge is 2.26. The first-order valence-corrected chi connectivity index (χ1v) is 6.83. The third-order valence-corrected chi connectivity index (χ3v) is 3.21. The maximum Gasteiger partial charge on any atom is 0.205 e. The molecule has 0 aliphatic carbocycles. The molecule has 4 heteroatoms. The lowest BCUT2D eigenvalue weighted by Gasteiger charge is -2.22. The number of nitrogens with zero attached hydrogens (tertiary/aromatic N) is 1. The van der Waals surface area contributed by atoms with Crippen molar-refractivity contribution in [2.45, 2.75) is 20.0 Å². The van der Waals surface area contributed by atoms with Crippen LogP contribution in [0.5, 0.6) is 5.75 Å². The van der Waals surface area contributed by atoms with Crippen LogP contribution in [0.25, 0.3) is 0 Å². The van der Waals surface area contributed by atoms with E-state index in [1.54, 1.807) is 36.7 Å². The van der Waals surface area contributed by atoms with Gasteiger partial charge in [0.1, 0.15) is 5.75 Å². The molecule has 20 heavy (non-hydrogen) atoms. The van der Waals surface area contributed by atoms with Gasteiger partial charge in [-0.3, -0.25) is 9.78 Å². The summed E-state index contributed by atoms with van der Waals surface area (Å²) >= 11 is 6.08. The zero-order chi connectivity index (χ0) is 14.5. The fourth-order valence-electron chi connectivity index (χ4n) is 1.84. The molecule has 3 nitrogen and oxygen atoms in total. The molecular weight excluding hydrogens is 274 g/mol. The number of benzene rings is 1. The number of para-hydroxylation sites is 1. The maximum atomic E-state index is 12.5. The summed E-state index contributed by atoms with van der Waals surface area (Å²) in [5, 5.41) is 0.497. The van der Waals surface area contributed by atoms with Crippen molar-refractivity contribution in [2.24, 2.45) is 5.92 Å². The molecule has 1 aromatic carbocycles. The van der Waals surface area contributed by atoms with Crippen LogP contribution in [-0.2, 0) is 0 Å². The monoisotopic (exact) mass is 289 g/mol. The minimum absolute atomic E-state index is 0.0268. The highest BCUT2D eigenvalue weighted by molar-refractivity contribution is 6.32. The van der Waals surface area contributed by atoms with Crippen LogP contribution in [0, 0.1) is 5.92 Å². The Hall–Kier alpha value is -1.87. The fourth-order valence-corrected chi connectivity index (χ4v) is 2.02. The lowest BCUT2D eigenvalue weighted by atomic mass is 9.98. The summed E-state index contributed by atoms with van der Waals surface area (Å²) in [4.78, 5) is 16.5. The molecule has 0 fully saturated rings. The summed E-state index contributed by atoms with van der Waals surface area (Å²) in [6, 6.07) is 10.6. The lowest BCUT2D eigenvalue weighted by molar-refractivity contribution is 0.0711. The van der Waals surface area contributed by atoms with E-state index in [2.05, 4.69) is 4.98 Å². The summed E-state index contributed by atoms with van der Waals surface area (Å²) in [6.07, 6.45) is 2.60. The smallest absolute Gasteiger partial charge is 0.205 e. The van der Waals surface area contributed by atoms with Gasteiger partial charge in [-0.05, 0) is 30.2 Å². The topological polar surface area (TPSA) is 39.2 Å². The normalized spacial score (nSPS) is 12.2. The summed E-state index contributed by atoms with van der Waals surface area (Å²) in [7, 11) is 0. The van der Waals surface area contributed by atoms with Gasteiger partial charge in [0, 0.05) is 18.0 Å². The fraction of sp³-hybridized carbons (Fsp3) is 0.250. The van der Waals surface area contributed by atoms with Crippen molar-refractivity contribution in [2.75, 3.05) is 0 Å². The number of pyridine rings is 1. The van der Waals surface area contributed by atoms with Crippen LogP contribution in [0.2, 0.25) is 5.02 Å². The number of hydrogen-bond acceptors (Lipinski definition) is 3. The molecule has 0 saturated heterocycles. The molecule has 0 saturated carbocycles. The number of aromatic nitrogens is 1. The van der Waals surface area contributed by atoms with E-state index in [-0.39, 0.29) is 11.7 Å². The molecule has 1 unspecified atom stereocenters. The Balaban J connectivity index is 2.24. The number of Topliss-reactive ketones (excluding diaryl/α,β-unsaturated/α-hetero) is 1. The van der Waals surface area contributed by atoms with Gasteiger partial charge in [0.2, 0.25) is 5.78 Å². The second-order valence-electron chi connectivity index (χ2n) is 4.82. The SMILES string of the molecule is CC(C)C(Oc1ccccc1Cl)C(=O)c1cccnc1. The minimum Gasteiger partial charge on any atom is -0.480 e. The van der Waals surface area contributed by atoms with Gasteiger partial charge in [-0.2, -0.15) is 0 Å². The first-order chi connectivity index (χ1) is 9.59. The molecule has 104 valence electrons. The number of ether oxygens (including phenoxy) is 1. The number of halogens is 1. The minimum atomic E-state index is -0.584. The Morgan fingerprint density at radius 1 is 1.20 bits per heavy atom. The van der Waals surface area contributed by atoms with Crippen molar-refractivity contribution in [3.63, 3.8) is 0 Å². The Morgan fingerprint density at radius 2 is 1.95 bits per heavy atom. The van der Waals surface area contributed by atoms with Gasteiger partial charge in [-0.25, -0.2) is 0 Å². The molecule has 1 aromatic heterocycles. The van der Waals surface area contributed by atoms with Gasteiger partial charge in [0.05, 0.1) is 5.02 Å². The Kier molecular flexibility index (Phi) is 4.74. The van der Waals surface area contributed by atoms with E-state index in [9.17, 15) is 4.79 Å². The van der Waals surface area contributed by atoms with Crippen molar-refractivity contribution in [1.29, 1.82) is 0 Å². The molecule has 0 aliphatic heterocycles. The van der Waals surface area contributed by atoms with E-state index in [1.807, 2.05) is 26.0 Å². The van der Waals surface area contributed by atoms with Gasteiger partial charge >= 0.3 is 0 Å². The van der Waals surface area contributed by atoms with Gasteiger partial charge < -0.3 is 4.74 Å². The predicted molar refractivity (Wildman–Crippen MR) is 79.3 cm³/mol. The third kappa shape index (κ3) is 3.36. The van der Waals surface area contributed by atoms with Gasteiger partial charge in [-0.15, -0.1) is 0 Å². The van der Waals surface area contributed by atoms with Crippen LogP contribution >= 0.6 is 11.6 Å². The molecule has 2 aromatic rings. The summed E-state index contributed by atoms with van der Waals surface area (Å²) in [6.45, 7) is 3.88. The average Bonchev–Trinajstić information content (AvgIpc) is 2.46. The Bertz CT molecular complexity index is 584. The standard InChI is InChI=1S/C16H16ClNO2/c1-11(2)16(15(19)12-6-5-9-18-10-12)20-14-8-4-3-7-13(14)17/h3-11,16H,1-2H3. The zero-order valence-electron chi connectivity index (χ0n) is 11.4. The molecule has 0 radical (unpaired) electrons. The quantitative estimate of drug-likeness (QED) is 0.780. The highest BCUT2D eigenvalue weighted by atomic mass is 35.5. The van der Waals surface area contributed by atoms with Crippen molar-refractivity contribution in [3.05, 3.63) is 59.4 Å². The van der Waals surface area contributed by atoms with E-state index in [4.69, 9.17) is 16.3 Å². The van der Waals surface area contributed by atoms with Crippen LogP contribution in [0.4, 0.5) is 0 Å². The number of carbonyl (C=O) groups excluding carboxylic acids is 1. The molecule has 0 aliphatic rings. The summed E-state index contributed by atoms with van der Waals surface area (Å²) in [5.74, 6) is 0.456. The third-order valence-electron chi connectivity index (χ3n) is 2.90. The van der Waals surface area contributed by atoms with Gasteiger partial charge in [0.25, 0.3) is 0 Å². The van der Waals surface area contributed by atoms with E-state index in [0.717, 1.165) is 0 Å². The van der Waals surface area contributed by atoms with Gasteiger partial charge in [-0.1, -0.05) is 37.6 Å². The van der Waals surface area contributed by atoms with Crippen LogP contribution < -0.4 is 4.74 Å². The zero-order valence-corrected chi connectivity index (χ0v) is 12.2. The molecule has 2 rings (SSSR count). The first kappa shape index (κ1) is 14.5. The van der Waals surface area contributed by atoms with E-state index < -0.39 is 6.10 Å². The number of hydrogen-bond donors (Lipinski definition) is 0. The summed E-state index contributed by atoms with van der Waals surface area (Å²) < 4.78 is 5.81. The average molecular weight is 290 g/mol. The lowest BCUT2D eigenvalue weighted by Crippen LogP contribution is -2.32. The second kappa shape index (κ2) is 6.53. The van der Waals surface area contributed by atoms with Crippen LogP contribution in [0.15, 0.2) is 48.8 Å². The van der Waals surface area contributed by atoms with Gasteiger partial charge in [0.15, 0.2) is 6.10 Å². The van der Waals surface area contributed by atoms with Crippen molar-refractivity contribution in [1.82, 2.24) is 4.98 Å². The molecule has 1 atom stereocenters. The van der Waals surface area contributed by atoms with E-state index in [1.165, 1.54) is 0 Å². The van der Waals surface area contributed by atoms with Crippen molar-refractivity contribution < 1.29 is 9.53 Å². The molecule has 0 amide bonds. The Labute approximate surface area is 123 Å². The Morgan fingerprint density at radius 3 is 2.55 bits per heavy atom. The number of ketones is 1. The van der Waals surface area contributed by atoms with E-state index in [0.29, 0.717) is 16.3 Å². The maximum absolute atomic E-state index is 12.5. The number of rotatable bonds is 5. The van der Waals surface area contributed by atoms with Crippen LogP contribution in [0.3, 0.4) is 0 Å². The van der Waals surface area contributed by atoms with Crippen LogP contribution in [-0.4, -0.2) is 16.9 Å². The van der Waals surface area contributed by atoms with Crippen molar-refractivity contribution >= 4 is 17.4 Å². The number of carbonyl (C=O) groups is 1. The second-order valence-corrected chi connectivity index (χ2v) is 5.23. The van der Waals surface area contributed by atoms with E-state index >= 15 is 0 Å². The highest BCUT2D eigenvalue weighted by Crippen LogP contribution is 2.26. The predicted octanol–water partition coefficient (Wildman–Crippen LogP) is 4.02. The summed E-state index contributed by atoms with van der Waals surface area (Å²) in [5.41, 5.74) is 0.540. The molecule has 0 spiro atoms. The van der Waals surface area contributed by atoms with Crippen LogP contribution in [0.1, 0.15) is 24.2 Å². The molecule has 1 heterocycles. The molecule has 0 N–H and O–H groups in total.